The van der Waals surface area contributed by atoms with Crippen LogP contribution in [0, 0.1) is 59.2 Å². The lowest BCUT2D eigenvalue weighted by Crippen LogP contribution is -2.50. The molecule has 0 amide bonds. The van der Waals surface area contributed by atoms with Gasteiger partial charge in [0.2, 0.25) is 0 Å². The Morgan fingerprint density at radius 3 is 0.809 bits per heavy atom. The molecule has 0 radical (unpaired) electrons. The molecular weight excluding hydrogens is 1340 g/mol. The lowest BCUT2D eigenvalue weighted by atomic mass is 9.86. The first-order chi connectivity index (χ1) is 51.5. The summed E-state index contributed by atoms with van der Waals surface area (Å²) in [7, 11) is 0. The van der Waals surface area contributed by atoms with E-state index in [4.69, 9.17) is 0 Å². The van der Waals surface area contributed by atoms with Crippen molar-refractivity contribution in [1.29, 1.82) is 0 Å². The highest BCUT2D eigenvalue weighted by atomic mass is 15.3. The number of piperidine rings is 1. The van der Waals surface area contributed by atoms with Crippen LogP contribution in [0.25, 0.3) is 0 Å². The Kier molecular flexibility index (Phi) is 56.6. The van der Waals surface area contributed by atoms with Gasteiger partial charge in [-0.3, -0.25) is 34.3 Å². The Labute approximate surface area is 692 Å². The third kappa shape index (κ3) is 44.9. The zero-order valence-corrected chi connectivity index (χ0v) is 81.4. The molecule has 0 aromatic heterocycles. The van der Waals surface area contributed by atoms with Gasteiger partial charge in [0.05, 0.1) is 0 Å². The summed E-state index contributed by atoms with van der Waals surface area (Å²) in [6, 6.07) is 7.92. The quantitative estimate of drug-likeness (QED) is 0.123. The maximum Gasteiger partial charge on any atom is 0.0201 e. The number of nitrogens with zero attached hydrogens (tertiary/aromatic N) is 11. The van der Waals surface area contributed by atoms with E-state index >= 15 is 0 Å². The first kappa shape index (κ1) is 107. The average Bonchev–Trinajstić information content (AvgIpc) is 1.25. The number of piperazine rings is 1. The van der Waals surface area contributed by atoms with Crippen molar-refractivity contribution >= 4 is 0 Å². The van der Waals surface area contributed by atoms with Gasteiger partial charge in [0.1, 0.15) is 0 Å². The van der Waals surface area contributed by atoms with Gasteiger partial charge in [-0.05, 0) is 341 Å². The fraction of sp³-hybridized carbons (Fsp3) is 0.919. The van der Waals surface area contributed by atoms with Crippen LogP contribution in [0.15, 0.2) is 46.6 Å². The molecule has 652 valence electrons. The summed E-state index contributed by atoms with van der Waals surface area (Å²) in [6.07, 6.45) is 25.9. The van der Waals surface area contributed by atoms with Crippen molar-refractivity contribution in [2.75, 3.05) is 144 Å². The van der Waals surface area contributed by atoms with Crippen LogP contribution in [-0.4, -0.2) is 264 Å². The lowest BCUT2D eigenvalue weighted by molar-refractivity contribution is 0.0887. The summed E-state index contributed by atoms with van der Waals surface area (Å²) in [5.74, 6) is 8.53. The van der Waals surface area contributed by atoms with Gasteiger partial charge in [0, 0.05) is 158 Å². The molecule has 9 heterocycles. The monoisotopic (exact) mass is 1540 g/mol. The molecule has 9 rings (SSSR count). The maximum absolute atomic E-state index is 2.63. The Balaban J connectivity index is 0.000000619. The van der Waals surface area contributed by atoms with Crippen LogP contribution in [-0.2, 0) is 0 Å². The Hall–Kier alpha value is -1.48. The van der Waals surface area contributed by atoms with Gasteiger partial charge in [0.15, 0.2) is 0 Å². The van der Waals surface area contributed by atoms with E-state index in [1.807, 2.05) is 0 Å². The first-order valence-corrected chi connectivity index (χ1v) is 47.4. The number of rotatable bonds is 18. The van der Waals surface area contributed by atoms with Crippen molar-refractivity contribution in [2.45, 2.75) is 393 Å². The van der Waals surface area contributed by atoms with Crippen LogP contribution in [0.4, 0.5) is 0 Å². The smallest absolute Gasteiger partial charge is 0.0201 e. The Bertz CT molecular complexity index is 2190. The second-order valence-corrected chi connectivity index (χ2v) is 40.5. The van der Waals surface area contributed by atoms with Gasteiger partial charge in [0.25, 0.3) is 0 Å². The molecular formula is C99H201N11. The molecule has 0 spiro atoms. The highest BCUT2D eigenvalue weighted by molar-refractivity contribution is 5.14. The third-order valence-electron chi connectivity index (χ3n) is 26.6. The molecule has 0 aromatic rings. The lowest BCUT2D eigenvalue weighted by Gasteiger charge is -2.38. The summed E-state index contributed by atoms with van der Waals surface area (Å²) in [4.78, 5) is 28.2. The van der Waals surface area contributed by atoms with Crippen molar-refractivity contribution in [3.05, 3.63) is 46.6 Å². The summed E-state index contributed by atoms with van der Waals surface area (Å²) in [5.41, 5.74) is 6.57. The Morgan fingerprint density at radius 2 is 0.473 bits per heavy atom. The molecule has 11 nitrogen and oxygen atoms in total. The minimum Gasteiger partial charge on any atom is -0.301 e. The van der Waals surface area contributed by atoms with E-state index in [0.717, 1.165) is 109 Å². The topological polar surface area (TPSA) is 35.6 Å². The molecule has 0 N–H and O–H groups in total. The molecule has 0 saturated carbocycles. The average molecular weight is 1550 g/mol. The molecule has 110 heavy (non-hydrogen) atoms. The van der Waals surface area contributed by atoms with Crippen LogP contribution in [0.1, 0.15) is 326 Å². The zero-order valence-electron chi connectivity index (χ0n) is 81.4. The molecule has 9 aliphatic heterocycles. The number of hydrogen-bond donors (Lipinski definition) is 0. The molecule has 0 aromatic carbocycles. The molecule has 9 aliphatic rings. The van der Waals surface area contributed by atoms with Crippen molar-refractivity contribution < 1.29 is 0 Å². The van der Waals surface area contributed by atoms with Crippen LogP contribution >= 0.6 is 0 Å². The van der Waals surface area contributed by atoms with Crippen LogP contribution < -0.4 is 0 Å². The SMILES string of the molecule is CC(C)C1=CCCN(C(C)C)CC1.CC(C)C1=CCN(C(C)C)C1.CC(C)C1=CCN(C(C)C)CC1.CC(C)C1=CCN(C(C)C)CCC1.CC(C)C1CCCN(C(C)C)CC1.CC(C)C1CCN(C(C)C)C1.CC(C)C1CCN(C(C)C)CC1.CC(C)N1CCCN(C(C)C)CC1.CC(C)N1CCN(C(C)C)CC1. The van der Waals surface area contributed by atoms with Gasteiger partial charge >= 0.3 is 0 Å². The second-order valence-electron chi connectivity index (χ2n) is 40.5. The summed E-state index contributed by atoms with van der Waals surface area (Å²) >= 11 is 0. The maximum atomic E-state index is 2.63. The van der Waals surface area contributed by atoms with Crippen molar-refractivity contribution in [3.63, 3.8) is 0 Å². The minimum absolute atomic E-state index is 0.697. The van der Waals surface area contributed by atoms with Crippen molar-refractivity contribution in [1.82, 2.24) is 53.9 Å². The van der Waals surface area contributed by atoms with E-state index in [2.05, 4.69) is 327 Å². The van der Waals surface area contributed by atoms with E-state index < -0.39 is 0 Å². The fourth-order valence-electron chi connectivity index (χ4n) is 17.0. The van der Waals surface area contributed by atoms with Gasteiger partial charge in [-0.2, -0.15) is 0 Å². The predicted octanol–water partition coefficient (Wildman–Crippen LogP) is 22.6. The largest absolute Gasteiger partial charge is 0.301 e. The minimum atomic E-state index is 0.697. The van der Waals surface area contributed by atoms with E-state index in [0.29, 0.717) is 36.3 Å². The third-order valence-corrected chi connectivity index (χ3v) is 26.6. The second kappa shape index (κ2) is 58.4. The number of allylic oxidation sites excluding steroid dienone is 1. The van der Waals surface area contributed by atoms with Gasteiger partial charge < -0.3 is 19.6 Å². The molecule has 2 unspecified atom stereocenters. The fourth-order valence-corrected chi connectivity index (χ4v) is 17.0. The normalized spacial score (nSPS) is 22.6. The van der Waals surface area contributed by atoms with E-state index in [9.17, 15) is 0 Å². The Morgan fingerprint density at radius 1 is 0.209 bits per heavy atom. The summed E-state index contributed by atoms with van der Waals surface area (Å²) in [6.45, 7) is 110. The van der Waals surface area contributed by atoms with Crippen LogP contribution in [0.3, 0.4) is 0 Å². The van der Waals surface area contributed by atoms with Crippen LogP contribution in [0.5, 0.6) is 0 Å². The van der Waals surface area contributed by atoms with Crippen LogP contribution in [0.2, 0.25) is 0 Å². The van der Waals surface area contributed by atoms with Crippen molar-refractivity contribution in [2.24, 2.45) is 59.2 Å². The molecule has 2 atom stereocenters. The van der Waals surface area contributed by atoms with E-state index in [1.54, 1.807) is 22.3 Å². The number of likely N-dealkylation sites (tertiary alicyclic amines) is 3. The standard InChI is InChI=1S/C12H25N.2C12H23N.C11H24N2.C11H23N.C11H21N.C10H22N2.C10H21N.C10H19N/c3*1-10(2)12-6-5-8-13(9-7-12)11(3)4;1-10(2)12-6-5-7-13(9-8-12)11(3)4;3*1-9(2)11-5-7-12(8-6-11)10(3)4;2*1-8(2)10-5-6-11(7-10)9(3)4/h10-12H,5-9H2,1-4H3;7,10-11H,5-6,8-9H2,1-4H3;6,10-11H,5,7-9H2,1-4H3;10-11H,5-9H2,1-4H3;9-11H,5-8H2,1-4H3;5,9-10H,6-8H2,1-4H3;9-10H,5-8H2,1-4H3;8-10H,5-7H2,1-4H3;5,8-9H,6-7H2,1-4H3. The van der Waals surface area contributed by atoms with E-state index in [-0.39, 0.29) is 0 Å². The van der Waals surface area contributed by atoms with Gasteiger partial charge in [-0.15, -0.1) is 0 Å². The summed E-state index contributed by atoms with van der Waals surface area (Å²) in [5, 5.41) is 0. The molecule has 5 fully saturated rings. The highest BCUT2D eigenvalue weighted by Crippen LogP contribution is 2.29. The highest BCUT2D eigenvalue weighted by Gasteiger charge is 2.28. The number of hydrogen-bond acceptors (Lipinski definition) is 11. The first-order valence-electron chi connectivity index (χ1n) is 47.4. The molecule has 11 heteroatoms. The van der Waals surface area contributed by atoms with Crippen molar-refractivity contribution in [3.8, 4) is 0 Å². The van der Waals surface area contributed by atoms with Gasteiger partial charge in [-0.25, -0.2) is 0 Å². The molecule has 0 bridgehead atoms. The predicted molar refractivity (Wildman–Crippen MR) is 496 cm³/mol. The molecule has 0 aliphatic carbocycles. The van der Waals surface area contributed by atoms with Gasteiger partial charge in [-0.1, -0.05) is 144 Å². The summed E-state index contributed by atoms with van der Waals surface area (Å²) < 4.78 is 0. The zero-order chi connectivity index (χ0) is 83.7. The van der Waals surface area contributed by atoms with E-state index in [1.165, 1.54) is 201 Å². The molecule has 5 saturated heterocycles.